The first kappa shape index (κ1) is 12.8. The highest BCUT2D eigenvalue weighted by molar-refractivity contribution is 6.30. The van der Waals surface area contributed by atoms with Crippen molar-refractivity contribution in [3.8, 4) is 0 Å². The van der Waals surface area contributed by atoms with Crippen molar-refractivity contribution in [3.63, 3.8) is 0 Å². The Morgan fingerprint density at radius 3 is 2.95 bits per heavy atom. The van der Waals surface area contributed by atoms with Crippen LogP contribution < -0.4 is 4.90 Å². The fourth-order valence-corrected chi connectivity index (χ4v) is 2.15. The van der Waals surface area contributed by atoms with Gasteiger partial charge in [0, 0.05) is 13.6 Å². The highest BCUT2D eigenvalue weighted by Crippen LogP contribution is 2.21. The molecule has 1 aromatic carbocycles. The normalized spacial score (nSPS) is 10.9. The Bertz CT molecular complexity index is 757. The van der Waals surface area contributed by atoms with E-state index < -0.39 is 5.82 Å². The van der Waals surface area contributed by atoms with E-state index in [1.54, 1.807) is 18.5 Å². The zero-order valence-corrected chi connectivity index (χ0v) is 11.4. The number of hydrogen-bond acceptors (Lipinski definition) is 4. The number of nitrogens with zero attached hydrogens (tertiary/aromatic N) is 4. The van der Waals surface area contributed by atoms with Gasteiger partial charge in [-0.2, -0.15) is 0 Å². The van der Waals surface area contributed by atoms with Crippen LogP contribution in [0.25, 0.3) is 11.2 Å². The predicted octanol–water partition coefficient (Wildman–Crippen LogP) is 2.78. The number of hydrogen-bond donors (Lipinski definition) is 1. The lowest BCUT2D eigenvalue weighted by Gasteiger charge is -2.18. The smallest absolute Gasteiger partial charge is 0.182 e. The summed E-state index contributed by atoms with van der Waals surface area (Å²) >= 11 is 5.68. The van der Waals surface area contributed by atoms with Crippen molar-refractivity contribution in [3.05, 3.63) is 47.3 Å². The van der Waals surface area contributed by atoms with Crippen molar-refractivity contribution in [2.24, 2.45) is 0 Å². The minimum absolute atomic E-state index is 0.120. The number of H-pyrrole nitrogens is 1. The van der Waals surface area contributed by atoms with E-state index in [1.807, 2.05) is 11.9 Å². The van der Waals surface area contributed by atoms with E-state index in [2.05, 4.69) is 19.9 Å². The average Bonchev–Trinajstić information content (AvgIpc) is 2.91. The fraction of sp³-hybridized carbons (Fsp3) is 0.154. The molecular formula is C13H11ClFN5. The summed E-state index contributed by atoms with van der Waals surface area (Å²) in [6.07, 6.45) is 3.02. The lowest BCUT2D eigenvalue weighted by molar-refractivity contribution is 0.625. The van der Waals surface area contributed by atoms with Gasteiger partial charge in [0.2, 0.25) is 0 Å². The second kappa shape index (κ2) is 5.05. The number of aromatic nitrogens is 4. The van der Waals surface area contributed by atoms with Gasteiger partial charge in [0.05, 0.1) is 11.3 Å². The van der Waals surface area contributed by atoms with Gasteiger partial charge in [-0.15, -0.1) is 0 Å². The third kappa shape index (κ3) is 2.30. The minimum atomic E-state index is -0.424. The Kier molecular flexibility index (Phi) is 3.23. The van der Waals surface area contributed by atoms with E-state index in [0.29, 0.717) is 18.0 Å². The van der Waals surface area contributed by atoms with E-state index >= 15 is 0 Å². The van der Waals surface area contributed by atoms with Crippen LogP contribution in [0, 0.1) is 5.82 Å². The van der Waals surface area contributed by atoms with E-state index in [9.17, 15) is 4.39 Å². The first-order valence-corrected chi connectivity index (χ1v) is 6.32. The van der Waals surface area contributed by atoms with Gasteiger partial charge < -0.3 is 9.88 Å². The number of nitrogens with one attached hydrogen (secondary N) is 1. The lowest BCUT2D eigenvalue weighted by atomic mass is 10.2. The Balaban J connectivity index is 1.90. The molecule has 0 aliphatic carbocycles. The van der Waals surface area contributed by atoms with Crippen LogP contribution in [-0.4, -0.2) is 27.0 Å². The third-order valence-corrected chi connectivity index (χ3v) is 3.27. The first-order valence-electron chi connectivity index (χ1n) is 5.94. The number of aromatic amines is 1. The highest BCUT2D eigenvalue weighted by atomic mass is 35.5. The largest absolute Gasteiger partial charge is 0.353 e. The zero-order chi connectivity index (χ0) is 14.1. The molecule has 0 unspecified atom stereocenters. The van der Waals surface area contributed by atoms with Crippen molar-refractivity contribution in [1.82, 2.24) is 19.9 Å². The summed E-state index contributed by atoms with van der Waals surface area (Å²) in [6.45, 7) is 0.499. The molecule has 7 heteroatoms. The quantitative estimate of drug-likeness (QED) is 0.806. The average molecular weight is 292 g/mol. The topological polar surface area (TPSA) is 57.7 Å². The molecule has 2 aromatic heterocycles. The van der Waals surface area contributed by atoms with Crippen LogP contribution in [0.2, 0.25) is 5.02 Å². The van der Waals surface area contributed by atoms with Crippen LogP contribution in [0.4, 0.5) is 10.2 Å². The van der Waals surface area contributed by atoms with Crippen molar-refractivity contribution in [1.29, 1.82) is 0 Å². The molecule has 0 saturated heterocycles. The van der Waals surface area contributed by atoms with E-state index in [4.69, 9.17) is 11.6 Å². The van der Waals surface area contributed by atoms with Crippen molar-refractivity contribution in [2.75, 3.05) is 11.9 Å². The van der Waals surface area contributed by atoms with Crippen LogP contribution in [0.15, 0.2) is 30.9 Å². The number of fused-ring (bicyclic) bond motifs is 1. The molecule has 3 rings (SSSR count). The van der Waals surface area contributed by atoms with Gasteiger partial charge in [-0.25, -0.2) is 19.3 Å². The minimum Gasteiger partial charge on any atom is -0.353 e. The van der Waals surface area contributed by atoms with Crippen LogP contribution in [0.3, 0.4) is 0 Å². The molecule has 1 N–H and O–H groups in total. The number of benzene rings is 1. The molecule has 0 radical (unpaired) electrons. The molecule has 0 fully saturated rings. The summed E-state index contributed by atoms with van der Waals surface area (Å²) in [7, 11) is 1.87. The Morgan fingerprint density at radius 2 is 2.15 bits per heavy atom. The second-order valence-corrected chi connectivity index (χ2v) is 4.81. The number of imidazole rings is 1. The van der Waals surface area contributed by atoms with Gasteiger partial charge in [0.1, 0.15) is 17.7 Å². The molecule has 0 aliphatic rings. The molecule has 5 nitrogen and oxygen atoms in total. The van der Waals surface area contributed by atoms with Crippen LogP contribution >= 0.6 is 11.6 Å². The molecule has 0 amide bonds. The molecule has 3 aromatic rings. The van der Waals surface area contributed by atoms with Crippen molar-refractivity contribution >= 4 is 28.6 Å². The van der Waals surface area contributed by atoms with Gasteiger partial charge in [-0.1, -0.05) is 17.7 Å². The van der Waals surface area contributed by atoms with E-state index in [-0.39, 0.29) is 5.02 Å². The lowest BCUT2D eigenvalue weighted by Crippen LogP contribution is -2.18. The summed E-state index contributed by atoms with van der Waals surface area (Å²) in [6, 6.07) is 4.75. The molecule has 102 valence electrons. The SMILES string of the molecule is CN(Cc1ccc(Cl)c(F)c1)c1ncnc2nc[nH]c12. The Morgan fingerprint density at radius 1 is 1.30 bits per heavy atom. The van der Waals surface area contributed by atoms with E-state index in [0.717, 1.165) is 11.1 Å². The van der Waals surface area contributed by atoms with Crippen LogP contribution in [0.5, 0.6) is 0 Å². The summed E-state index contributed by atoms with van der Waals surface area (Å²) < 4.78 is 13.4. The second-order valence-electron chi connectivity index (χ2n) is 4.40. The maximum Gasteiger partial charge on any atom is 0.182 e. The molecule has 2 heterocycles. The first-order chi connectivity index (χ1) is 9.65. The predicted molar refractivity (Wildman–Crippen MR) is 75.2 cm³/mol. The monoisotopic (exact) mass is 291 g/mol. The summed E-state index contributed by atoms with van der Waals surface area (Å²) in [5, 5.41) is 0.120. The van der Waals surface area contributed by atoms with Crippen molar-refractivity contribution in [2.45, 2.75) is 6.54 Å². The molecular weight excluding hydrogens is 281 g/mol. The molecule has 0 bridgehead atoms. The van der Waals surface area contributed by atoms with Gasteiger partial charge in [0.15, 0.2) is 11.5 Å². The number of halogens is 2. The standard InChI is InChI=1S/C13H11ClFN5/c1-20(5-8-2-3-9(14)10(15)4-8)13-11-12(17-6-16-11)18-7-19-13/h2-4,6-7H,5H2,1H3,(H,16,17,18,19). The Labute approximate surface area is 119 Å². The Hall–Kier alpha value is -2.21. The number of rotatable bonds is 3. The molecule has 0 aliphatic heterocycles. The van der Waals surface area contributed by atoms with E-state index in [1.165, 1.54) is 12.4 Å². The molecule has 0 spiro atoms. The molecule has 0 atom stereocenters. The maximum absolute atomic E-state index is 13.4. The van der Waals surface area contributed by atoms with Gasteiger partial charge in [-0.05, 0) is 17.7 Å². The zero-order valence-electron chi connectivity index (χ0n) is 10.6. The summed E-state index contributed by atoms with van der Waals surface area (Å²) in [5.74, 6) is 0.287. The molecule has 20 heavy (non-hydrogen) atoms. The van der Waals surface area contributed by atoms with Crippen molar-refractivity contribution < 1.29 is 4.39 Å². The molecule has 0 saturated carbocycles. The van der Waals surface area contributed by atoms with Gasteiger partial charge >= 0.3 is 0 Å². The fourth-order valence-electron chi connectivity index (χ4n) is 2.03. The summed E-state index contributed by atoms with van der Waals surface area (Å²) in [4.78, 5) is 17.3. The highest BCUT2D eigenvalue weighted by Gasteiger charge is 2.11. The summed E-state index contributed by atoms with van der Waals surface area (Å²) in [5.41, 5.74) is 2.16. The van der Waals surface area contributed by atoms with Crippen LogP contribution in [0.1, 0.15) is 5.56 Å². The van der Waals surface area contributed by atoms with Gasteiger partial charge in [-0.3, -0.25) is 0 Å². The van der Waals surface area contributed by atoms with Gasteiger partial charge in [0.25, 0.3) is 0 Å². The third-order valence-electron chi connectivity index (χ3n) is 2.97. The maximum atomic E-state index is 13.4. The number of anilines is 1. The van der Waals surface area contributed by atoms with Crippen LogP contribution in [-0.2, 0) is 6.54 Å².